The highest BCUT2D eigenvalue weighted by Gasteiger charge is 2.06. The number of benzene rings is 2. The summed E-state index contributed by atoms with van der Waals surface area (Å²) in [6.45, 7) is 0. The molecule has 0 unspecified atom stereocenters. The molecule has 3 rings (SSSR count). The van der Waals surface area contributed by atoms with Gasteiger partial charge in [-0.2, -0.15) is 0 Å². The van der Waals surface area contributed by atoms with E-state index in [4.69, 9.17) is 4.74 Å². The Kier molecular flexibility index (Phi) is 5.53. The average Bonchev–Trinajstić information content (AvgIpc) is 3.02. The molecule has 0 atom stereocenters. The molecule has 7 heteroatoms. The van der Waals surface area contributed by atoms with E-state index in [1.54, 1.807) is 30.2 Å². The van der Waals surface area contributed by atoms with Crippen molar-refractivity contribution in [2.24, 2.45) is 0 Å². The van der Waals surface area contributed by atoms with Crippen LogP contribution in [0.5, 0.6) is 5.75 Å². The summed E-state index contributed by atoms with van der Waals surface area (Å²) in [5.74, 6) is 1.71. The first kappa shape index (κ1) is 16.3. The van der Waals surface area contributed by atoms with Crippen LogP contribution in [-0.2, 0) is 5.75 Å². The number of rotatable bonds is 6. The Morgan fingerprint density at radius 3 is 2.52 bits per heavy atom. The van der Waals surface area contributed by atoms with Gasteiger partial charge in [-0.3, -0.25) is 0 Å². The lowest BCUT2D eigenvalue weighted by Crippen LogP contribution is -1.89. The molecule has 3 aromatic rings. The molecule has 2 aromatic carbocycles. The van der Waals surface area contributed by atoms with E-state index in [-0.39, 0.29) is 0 Å². The SMILES string of the molecule is COc1ccc(Nc2nnc(SCc3ccc(Br)cc3)s2)cc1. The zero-order valence-corrected chi connectivity index (χ0v) is 15.5. The van der Waals surface area contributed by atoms with Gasteiger partial charge >= 0.3 is 0 Å². The summed E-state index contributed by atoms with van der Waals surface area (Å²) in [4.78, 5) is 0. The molecule has 0 amide bonds. The highest BCUT2D eigenvalue weighted by Crippen LogP contribution is 2.30. The number of methoxy groups -OCH3 is 1. The molecule has 0 aliphatic rings. The van der Waals surface area contributed by atoms with Crippen LogP contribution in [0, 0.1) is 0 Å². The summed E-state index contributed by atoms with van der Waals surface area (Å²) in [7, 11) is 1.65. The van der Waals surface area contributed by atoms with Gasteiger partial charge in [0, 0.05) is 15.9 Å². The van der Waals surface area contributed by atoms with Crippen molar-refractivity contribution in [2.75, 3.05) is 12.4 Å². The third-order valence-corrected chi connectivity index (χ3v) is 5.60. The second-order valence-electron chi connectivity index (χ2n) is 4.64. The fourth-order valence-corrected chi connectivity index (χ4v) is 3.83. The van der Waals surface area contributed by atoms with Crippen molar-refractivity contribution in [2.45, 2.75) is 10.1 Å². The highest BCUT2D eigenvalue weighted by molar-refractivity contribution is 9.10. The average molecular weight is 408 g/mol. The van der Waals surface area contributed by atoms with Crippen LogP contribution in [0.2, 0.25) is 0 Å². The lowest BCUT2D eigenvalue weighted by molar-refractivity contribution is 0.415. The molecule has 0 fully saturated rings. The van der Waals surface area contributed by atoms with Crippen LogP contribution in [0.1, 0.15) is 5.56 Å². The molecule has 118 valence electrons. The minimum atomic E-state index is 0.786. The van der Waals surface area contributed by atoms with Gasteiger partial charge in [-0.25, -0.2) is 0 Å². The number of ether oxygens (including phenoxy) is 1. The molecule has 0 saturated heterocycles. The van der Waals surface area contributed by atoms with Gasteiger partial charge in [0.1, 0.15) is 5.75 Å². The number of nitrogens with one attached hydrogen (secondary N) is 1. The summed E-state index contributed by atoms with van der Waals surface area (Å²) < 4.78 is 7.18. The lowest BCUT2D eigenvalue weighted by atomic mass is 10.2. The van der Waals surface area contributed by atoms with E-state index in [9.17, 15) is 0 Å². The predicted octanol–water partition coefficient (Wildman–Crippen LogP) is 5.35. The number of hydrogen-bond acceptors (Lipinski definition) is 6. The number of aromatic nitrogens is 2. The topological polar surface area (TPSA) is 47.0 Å². The van der Waals surface area contributed by atoms with E-state index in [1.807, 2.05) is 36.4 Å². The Morgan fingerprint density at radius 2 is 1.83 bits per heavy atom. The fraction of sp³-hybridized carbons (Fsp3) is 0.125. The first-order valence-corrected chi connectivity index (χ1v) is 9.44. The van der Waals surface area contributed by atoms with Crippen LogP contribution in [0.25, 0.3) is 0 Å². The Balaban J connectivity index is 1.57. The number of halogens is 1. The normalized spacial score (nSPS) is 10.5. The predicted molar refractivity (Wildman–Crippen MR) is 99.9 cm³/mol. The molecular formula is C16H14BrN3OS2. The van der Waals surface area contributed by atoms with Gasteiger partial charge in [0.15, 0.2) is 4.34 Å². The van der Waals surface area contributed by atoms with Gasteiger partial charge in [0.2, 0.25) is 5.13 Å². The van der Waals surface area contributed by atoms with Gasteiger partial charge in [0.05, 0.1) is 7.11 Å². The lowest BCUT2D eigenvalue weighted by Gasteiger charge is -2.03. The van der Waals surface area contributed by atoms with Crippen LogP contribution in [0.3, 0.4) is 0 Å². The van der Waals surface area contributed by atoms with E-state index in [2.05, 4.69) is 43.6 Å². The van der Waals surface area contributed by atoms with Crippen LogP contribution >= 0.6 is 39.0 Å². The van der Waals surface area contributed by atoms with E-state index >= 15 is 0 Å². The minimum absolute atomic E-state index is 0.786. The minimum Gasteiger partial charge on any atom is -0.497 e. The maximum Gasteiger partial charge on any atom is 0.210 e. The molecule has 0 aliphatic carbocycles. The third kappa shape index (κ3) is 4.70. The molecule has 1 aromatic heterocycles. The largest absolute Gasteiger partial charge is 0.497 e. The molecule has 0 saturated carbocycles. The smallest absolute Gasteiger partial charge is 0.210 e. The van der Waals surface area contributed by atoms with Gasteiger partial charge in [-0.15, -0.1) is 10.2 Å². The van der Waals surface area contributed by atoms with E-state index < -0.39 is 0 Å². The molecule has 23 heavy (non-hydrogen) atoms. The van der Waals surface area contributed by atoms with Crippen molar-refractivity contribution < 1.29 is 4.74 Å². The number of thioether (sulfide) groups is 1. The van der Waals surface area contributed by atoms with Gasteiger partial charge in [-0.1, -0.05) is 51.2 Å². The van der Waals surface area contributed by atoms with Crippen molar-refractivity contribution in [3.63, 3.8) is 0 Å². The van der Waals surface area contributed by atoms with Crippen molar-refractivity contribution in [1.29, 1.82) is 0 Å². The second-order valence-corrected chi connectivity index (χ2v) is 7.76. The first-order valence-electron chi connectivity index (χ1n) is 6.85. The van der Waals surface area contributed by atoms with Crippen LogP contribution in [0.4, 0.5) is 10.8 Å². The van der Waals surface area contributed by atoms with Gasteiger partial charge in [0.25, 0.3) is 0 Å². The Bertz CT molecular complexity index is 760. The molecule has 1 N–H and O–H groups in total. The molecule has 4 nitrogen and oxygen atoms in total. The monoisotopic (exact) mass is 407 g/mol. The van der Waals surface area contributed by atoms with Crippen LogP contribution in [-0.4, -0.2) is 17.3 Å². The van der Waals surface area contributed by atoms with E-state index in [0.717, 1.165) is 31.1 Å². The molecular weight excluding hydrogens is 394 g/mol. The van der Waals surface area contributed by atoms with Crippen molar-refractivity contribution in [1.82, 2.24) is 10.2 Å². The van der Waals surface area contributed by atoms with Crippen LogP contribution < -0.4 is 10.1 Å². The maximum atomic E-state index is 5.15. The zero-order valence-electron chi connectivity index (χ0n) is 12.3. The molecule has 0 radical (unpaired) electrons. The van der Waals surface area contributed by atoms with Gasteiger partial charge in [-0.05, 0) is 42.0 Å². The molecule has 1 heterocycles. The standard InChI is InChI=1S/C16H14BrN3OS2/c1-21-14-8-6-13(7-9-14)18-15-19-20-16(23-15)22-10-11-2-4-12(17)5-3-11/h2-9H,10H2,1H3,(H,18,19). The van der Waals surface area contributed by atoms with E-state index in [1.165, 1.54) is 5.56 Å². The summed E-state index contributed by atoms with van der Waals surface area (Å²) in [5, 5.41) is 12.4. The fourth-order valence-electron chi connectivity index (χ4n) is 1.84. The Morgan fingerprint density at radius 1 is 1.09 bits per heavy atom. The quantitative estimate of drug-likeness (QED) is 0.558. The summed E-state index contributed by atoms with van der Waals surface area (Å²) >= 11 is 6.68. The summed E-state index contributed by atoms with van der Waals surface area (Å²) in [6, 6.07) is 16.0. The Hall–Kier alpha value is -1.57. The van der Waals surface area contributed by atoms with Gasteiger partial charge < -0.3 is 10.1 Å². The van der Waals surface area contributed by atoms with Crippen molar-refractivity contribution in [3.8, 4) is 5.75 Å². The van der Waals surface area contributed by atoms with E-state index in [0.29, 0.717) is 0 Å². The molecule has 0 aliphatic heterocycles. The highest BCUT2D eigenvalue weighted by atomic mass is 79.9. The molecule has 0 spiro atoms. The van der Waals surface area contributed by atoms with Crippen LogP contribution in [0.15, 0.2) is 57.3 Å². The third-order valence-electron chi connectivity index (χ3n) is 3.02. The first-order chi connectivity index (χ1) is 11.2. The number of anilines is 2. The summed E-state index contributed by atoms with van der Waals surface area (Å²) in [5.41, 5.74) is 2.23. The number of hydrogen-bond donors (Lipinski definition) is 1. The summed E-state index contributed by atoms with van der Waals surface area (Å²) in [6.07, 6.45) is 0. The maximum absolute atomic E-state index is 5.15. The zero-order chi connectivity index (χ0) is 16.1. The van der Waals surface area contributed by atoms with Crippen molar-refractivity contribution >= 4 is 49.8 Å². The number of nitrogens with zero attached hydrogens (tertiary/aromatic N) is 2. The Labute approximate surface area is 151 Å². The second kappa shape index (κ2) is 7.81. The molecule has 0 bridgehead atoms. The van der Waals surface area contributed by atoms with Crippen molar-refractivity contribution in [3.05, 3.63) is 58.6 Å².